The fourth-order valence-corrected chi connectivity index (χ4v) is 2.80. The topological polar surface area (TPSA) is 59.2 Å². The van der Waals surface area contributed by atoms with Gasteiger partial charge in [-0.1, -0.05) is 17.7 Å². The third kappa shape index (κ3) is 2.46. The van der Waals surface area contributed by atoms with Crippen LogP contribution in [0.4, 0.5) is 0 Å². The Bertz CT molecular complexity index is 775. The maximum Gasteiger partial charge on any atom is 0.342 e. The van der Waals surface area contributed by atoms with Crippen LogP contribution >= 0.6 is 11.6 Å². The lowest BCUT2D eigenvalue weighted by atomic mass is 9.83. The SMILES string of the molecule is CCOC(=O)C1=C(c2ccc[nH]2)Cc2ccc(Cl)cc2C1=O. The minimum absolute atomic E-state index is 0.0825. The molecule has 1 aliphatic rings. The summed E-state index contributed by atoms with van der Waals surface area (Å²) in [6.45, 7) is 1.93. The Morgan fingerprint density at radius 2 is 2.18 bits per heavy atom. The predicted molar refractivity (Wildman–Crippen MR) is 83.8 cm³/mol. The third-order valence-corrected chi connectivity index (χ3v) is 3.85. The van der Waals surface area contributed by atoms with Gasteiger partial charge in [-0.05, 0) is 42.3 Å². The summed E-state index contributed by atoms with van der Waals surface area (Å²) in [6.07, 6.45) is 2.24. The normalized spacial score (nSPS) is 14.0. The summed E-state index contributed by atoms with van der Waals surface area (Å²) >= 11 is 5.98. The van der Waals surface area contributed by atoms with E-state index < -0.39 is 5.97 Å². The summed E-state index contributed by atoms with van der Waals surface area (Å²) in [5.74, 6) is -0.936. The van der Waals surface area contributed by atoms with Crippen LogP contribution in [0.25, 0.3) is 5.57 Å². The molecule has 0 radical (unpaired) electrons. The fraction of sp³-hybridized carbons (Fsp3) is 0.176. The quantitative estimate of drug-likeness (QED) is 0.697. The largest absolute Gasteiger partial charge is 0.462 e. The molecule has 1 N–H and O–H groups in total. The van der Waals surface area contributed by atoms with Crippen molar-refractivity contribution in [1.82, 2.24) is 4.98 Å². The second-order valence-electron chi connectivity index (χ2n) is 4.97. The van der Waals surface area contributed by atoms with Gasteiger partial charge >= 0.3 is 5.97 Å². The lowest BCUT2D eigenvalue weighted by Crippen LogP contribution is -2.23. The van der Waals surface area contributed by atoms with Gasteiger partial charge in [0.05, 0.1) is 6.61 Å². The number of aromatic amines is 1. The lowest BCUT2D eigenvalue weighted by molar-refractivity contribution is -0.138. The van der Waals surface area contributed by atoms with E-state index in [1.807, 2.05) is 18.2 Å². The zero-order valence-corrected chi connectivity index (χ0v) is 12.7. The van der Waals surface area contributed by atoms with E-state index in [4.69, 9.17) is 16.3 Å². The smallest absolute Gasteiger partial charge is 0.342 e. The number of esters is 1. The first kappa shape index (κ1) is 14.6. The number of carbonyl (C=O) groups is 2. The molecule has 5 heteroatoms. The molecular weight excluding hydrogens is 302 g/mol. The molecule has 0 fully saturated rings. The highest BCUT2D eigenvalue weighted by Crippen LogP contribution is 2.33. The first-order valence-electron chi connectivity index (χ1n) is 6.99. The van der Waals surface area contributed by atoms with E-state index in [-0.39, 0.29) is 18.0 Å². The van der Waals surface area contributed by atoms with Crippen molar-refractivity contribution in [2.75, 3.05) is 6.61 Å². The van der Waals surface area contributed by atoms with E-state index >= 15 is 0 Å². The molecule has 0 bridgehead atoms. The Kier molecular flexibility index (Phi) is 3.86. The van der Waals surface area contributed by atoms with Gasteiger partial charge in [0, 0.05) is 28.9 Å². The molecule has 0 atom stereocenters. The molecule has 0 saturated carbocycles. The molecule has 4 nitrogen and oxygen atoms in total. The van der Waals surface area contributed by atoms with Crippen molar-refractivity contribution in [3.8, 4) is 0 Å². The van der Waals surface area contributed by atoms with Gasteiger partial charge in [0.15, 0.2) is 0 Å². The number of benzene rings is 1. The number of hydrogen-bond acceptors (Lipinski definition) is 3. The number of allylic oxidation sites excluding steroid dienone is 1. The summed E-state index contributed by atoms with van der Waals surface area (Å²) in [7, 11) is 0. The minimum atomic E-state index is -0.595. The van der Waals surface area contributed by atoms with Gasteiger partial charge in [0.1, 0.15) is 5.57 Å². The highest BCUT2D eigenvalue weighted by Gasteiger charge is 2.32. The van der Waals surface area contributed by atoms with E-state index in [0.717, 1.165) is 11.3 Å². The van der Waals surface area contributed by atoms with Crippen molar-refractivity contribution in [1.29, 1.82) is 0 Å². The molecule has 0 aliphatic heterocycles. The van der Waals surface area contributed by atoms with Crippen LogP contribution in [-0.2, 0) is 16.0 Å². The second-order valence-corrected chi connectivity index (χ2v) is 5.40. The molecule has 0 unspecified atom stereocenters. The van der Waals surface area contributed by atoms with Crippen LogP contribution < -0.4 is 0 Å². The molecular formula is C17H14ClNO3. The van der Waals surface area contributed by atoms with E-state index in [1.165, 1.54) is 0 Å². The number of halogens is 1. The van der Waals surface area contributed by atoms with Crippen LogP contribution in [0, 0.1) is 0 Å². The van der Waals surface area contributed by atoms with Crippen LogP contribution in [-0.4, -0.2) is 23.3 Å². The number of ketones is 1. The Hall–Kier alpha value is -2.33. The molecule has 1 aromatic carbocycles. The highest BCUT2D eigenvalue weighted by molar-refractivity contribution is 6.33. The Morgan fingerprint density at radius 1 is 1.36 bits per heavy atom. The molecule has 1 aliphatic carbocycles. The van der Waals surface area contributed by atoms with Crippen LogP contribution in [0.2, 0.25) is 5.02 Å². The van der Waals surface area contributed by atoms with Crippen LogP contribution in [0.5, 0.6) is 0 Å². The van der Waals surface area contributed by atoms with Gasteiger partial charge in [0.25, 0.3) is 0 Å². The number of hydrogen-bond donors (Lipinski definition) is 1. The number of carbonyl (C=O) groups excluding carboxylic acids is 2. The van der Waals surface area contributed by atoms with Crippen molar-refractivity contribution in [3.05, 3.63) is 63.9 Å². The molecule has 1 aromatic heterocycles. The molecule has 3 rings (SSSR count). The molecule has 0 spiro atoms. The monoisotopic (exact) mass is 315 g/mol. The second kappa shape index (κ2) is 5.81. The Morgan fingerprint density at radius 3 is 2.86 bits per heavy atom. The molecule has 22 heavy (non-hydrogen) atoms. The lowest BCUT2D eigenvalue weighted by Gasteiger charge is -2.20. The van der Waals surface area contributed by atoms with Gasteiger partial charge in [-0.25, -0.2) is 4.79 Å². The number of aromatic nitrogens is 1. The van der Waals surface area contributed by atoms with Crippen LogP contribution in [0.15, 0.2) is 42.1 Å². The Labute approximate surface area is 132 Å². The number of rotatable bonds is 3. The first-order chi connectivity index (χ1) is 10.6. The Balaban J connectivity index is 2.17. The maximum absolute atomic E-state index is 12.8. The van der Waals surface area contributed by atoms with E-state index in [2.05, 4.69) is 4.98 Å². The van der Waals surface area contributed by atoms with Crippen molar-refractivity contribution < 1.29 is 14.3 Å². The van der Waals surface area contributed by atoms with Crippen LogP contribution in [0.1, 0.15) is 28.5 Å². The number of H-pyrrole nitrogens is 1. The molecule has 112 valence electrons. The van der Waals surface area contributed by atoms with Gasteiger partial charge in [-0.15, -0.1) is 0 Å². The molecule has 0 saturated heterocycles. The third-order valence-electron chi connectivity index (χ3n) is 3.62. The minimum Gasteiger partial charge on any atom is -0.462 e. The van der Waals surface area contributed by atoms with Crippen molar-refractivity contribution >= 4 is 28.9 Å². The van der Waals surface area contributed by atoms with Gasteiger partial charge in [-0.3, -0.25) is 4.79 Å². The molecule has 1 heterocycles. The van der Waals surface area contributed by atoms with Crippen molar-refractivity contribution in [2.45, 2.75) is 13.3 Å². The van der Waals surface area contributed by atoms with Gasteiger partial charge < -0.3 is 9.72 Å². The number of nitrogens with one attached hydrogen (secondary N) is 1. The average molecular weight is 316 g/mol. The van der Waals surface area contributed by atoms with Gasteiger partial charge in [-0.2, -0.15) is 0 Å². The van der Waals surface area contributed by atoms with E-state index in [1.54, 1.807) is 25.3 Å². The number of ether oxygens (including phenoxy) is 1. The summed E-state index contributed by atoms with van der Waals surface area (Å²) in [4.78, 5) is 28.1. The predicted octanol–water partition coefficient (Wildman–Crippen LogP) is 3.42. The average Bonchev–Trinajstić information content (AvgIpc) is 3.02. The van der Waals surface area contributed by atoms with E-state index in [9.17, 15) is 9.59 Å². The number of fused-ring (bicyclic) bond motifs is 1. The summed E-state index contributed by atoms with van der Waals surface area (Å²) in [5, 5.41) is 0.471. The van der Waals surface area contributed by atoms with E-state index in [0.29, 0.717) is 22.6 Å². The molecule has 0 amide bonds. The zero-order valence-electron chi connectivity index (χ0n) is 12.0. The van der Waals surface area contributed by atoms with Crippen molar-refractivity contribution in [2.24, 2.45) is 0 Å². The van der Waals surface area contributed by atoms with Crippen LogP contribution in [0.3, 0.4) is 0 Å². The van der Waals surface area contributed by atoms with Gasteiger partial charge in [0.2, 0.25) is 5.78 Å². The summed E-state index contributed by atoms with van der Waals surface area (Å²) in [5.41, 5.74) is 2.80. The standard InChI is InChI=1S/C17H14ClNO3/c1-2-22-17(21)15-13(14-4-3-7-19-14)8-10-5-6-11(18)9-12(10)16(15)20/h3-7,9,19H,2,8H2,1H3. The highest BCUT2D eigenvalue weighted by atomic mass is 35.5. The summed E-state index contributed by atoms with van der Waals surface area (Å²) in [6, 6.07) is 8.83. The fourth-order valence-electron chi connectivity index (χ4n) is 2.63. The summed E-state index contributed by atoms with van der Waals surface area (Å²) < 4.78 is 5.06. The van der Waals surface area contributed by atoms with Crippen molar-refractivity contribution in [3.63, 3.8) is 0 Å². The maximum atomic E-state index is 12.8. The first-order valence-corrected chi connectivity index (χ1v) is 7.36. The molecule has 2 aromatic rings. The number of Topliss-reactive ketones (excluding diaryl/α,β-unsaturated/α-hetero) is 1. The zero-order chi connectivity index (χ0) is 15.7.